The van der Waals surface area contributed by atoms with Gasteiger partial charge in [0.2, 0.25) is 0 Å². The molecule has 19 heavy (non-hydrogen) atoms. The van der Waals surface area contributed by atoms with Crippen molar-refractivity contribution in [3.8, 4) is 11.8 Å². The van der Waals surface area contributed by atoms with E-state index in [1.807, 2.05) is 54.6 Å². The Morgan fingerprint density at radius 1 is 0.895 bits per heavy atom. The summed E-state index contributed by atoms with van der Waals surface area (Å²) in [5.41, 5.74) is 3.15. The molecule has 0 saturated carbocycles. The summed E-state index contributed by atoms with van der Waals surface area (Å²) in [6.45, 7) is 0. The van der Waals surface area contributed by atoms with E-state index in [-0.39, 0.29) is 0 Å². The van der Waals surface area contributed by atoms with Gasteiger partial charge in [-0.15, -0.1) is 0 Å². The lowest BCUT2D eigenvalue weighted by Crippen LogP contribution is -1.83. The Labute approximate surface area is 111 Å². The van der Waals surface area contributed by atoms with Gasteiger partial charge >= 0.3 is 0 Å². The summed E-state index contributed by atoms with van der Waals surface area (Å²) in [5.74, 6) is 6.09. The molecule has 1 aromatic heterocycles. The molecule has 1 heterocycles. The number of benzene rings is 2. The minimum Gasteiger partial charge on any atom is -0.347 e. The van der Waals surface area contributed by atoms with Crippen LogP contribution in [0.5, 0.6) is 0 Å². The van der Waals surface area contributed by atoms with E-state index >= 15 is 0 Å². The molecule has 0 spiro atoms. The van der Waals surface area contributed by atoms with Crippen LogP contribution < -0.4 is 0 Å². The van der Waals surface area contributed by atoms with Crippen molar-refractivity contribution >= 4 is 17.2 Å². The van der Waals surface area contributed by atoms with Crippen LogP contribution in [0.15, 0.2) is 54.6 Å². The summed E-state index contributed by atoms with van der Waals surface area (Å²) in [4.78, 5) is 14.4. The first-order valence-electron chi connectivity index (χ1n) is 6.01. The summed E-state index contributed by atoms with van der Waals surface area (Å²) in [5, 5.41) is 0.912. The topological polar surface area (TPSA) is 32.9 Å². The Kier molecular flexibility index (Phi) is 2.88. The fourth-order valence-electron chi connectivity index (χ4n) is 2.04. The molecule has 0 amide bonds. The predicted molar refractivity (Wildman–Crippen MR) is 76.1 cm³/mol. The maximum absolute atomic E-state index is 11.2. The Morgan fingerprint density at radius 2 is 1.63 bits per heavy atom. The van der Waals surface area contributed by atoms with Crippen molar-refractivity contribution < 1.29 is 4.79 Å². The zero-order chi connectivity index (χ0) is 13.1. The molecule has 0 aliphatic heterocycles. The Bertz CT molecular complexity index is 788. The molecule has 2 nitrogen and oxygen atoms in total. The molecule has 2 heteroatoms. The van der Waals surface area contributed by atoms with Gasteiger partial charge in [0.05, 0.1) is 5.56 Å². The third-order valence-corrected chi connectivity index (χ3v) is 2.97. The maximum Gasteiger partial charge on any atom is 0.153 e. The largest absolute Gasteiger partial charge is 0.347 e. The van der Waals surface area contributed by atoms with Crippen LogP contribution in [0.4, 0.5) is 0 Å². The molecule has 3 rings (SSSR count). The molecule has 3 aromatic rings. The molecule has 2 aromatic carbocycles. The van der Waals surface area contributed by atoms with Crippen molar-refractivity contribution in [2.24, 2.45) is 0 Å². The number of fused-ring (bicyclic) bond motifs is 1. The highest BCUT2D eigenvalue weighted by Crippen LogP contribution is 2.19. The number of carbonyl (C=O) groups excluding carboxylic acids is 1. The number of rotatable bonds is 1. The second-order valence-electron chi connectivity index (χ2n) is 4.19. The molecular formula is C17H11NO. The average molecular weight is 245 g/mol. The van der Waals surface area contributed by atoms with Gasteiger partial charge in [0.1, 0.15) is 5.69 Å². The van der Waals surface area contributed by atoms with Gasteiger partial charge in [0, 0.05) is 16.5 Å². The second-order valence-corrected chi connectivity index (χ2v) is 4.19. The molecule has 0 radical (unpaired) electrons. The van der Waals surface area contributed by atoms with Crippen LogP contribution in [0, 0.1) is 11.8 Å². The third kappa shape index (κ3) is 2.14. The number of aldehydes is 1. The van der Waals surface area contributed by atoms with Crippen molar-refractivity contribution in [3.63, 3.8) is 0 Å². The van der Waals surface area contributed by atoms with Crippen molar-refractivity contribution in [2.45, 2.75) is 0 Å². The molecule has 0 saturated heterocycles. The zero-order valence-corrected chi connectivity index (χ0v) is 10.2. The molecule has 0 bridgehead atoms. The number of nitrogens with one attached hydrogen (secondary N) is 1. The van der Waals surface area contributed by atoms with Crippen LogP contribution in [0.1, 0.15) is 21.6 Å². The van der Waals surface area contributed by atoms with Gasteiger partial charge in [0.25, 0.3) is 0 Å². The van der Waals surface area contributed by atoms with Gasteiger partial charge in [-0.3, -0.25) is 4.79 Å². The summed E-state index contributed by atoms with van der Waals surface area (Å²) in [6, 6.07) is 17.4. The van der Waals surface area contributed by atoms with Gasteiger partial charge < -0.3 is 4.98 Å². The Hall–Kier alpha value is -2.79. The van der Waals surface area contributed by atoms with Crippen LogP contribution in [-0.4, -0.2) is 11.3 Å². The minimum absolute atomic E-state index is 0.624. The predicted octanol–water partition coefficient (Wildman–Crippen LogP) is 3.38. The zero-order valence-electron chi connectivity index (χ0n) is 10.2. The molecule has 90 valence electrons. The highest BCUT2D eigenvalue weighted by molar-refractivity contribution is 6.00. The number of hydrogen-bond acceptors (Lipinski definition) is 1. The van der Waals surface area contributed by atoms with E-state index in [0.717, 1.165) is 22.8 Å². The molecule has 1 N–H and O–H groups in total. The van der Waals surface area contributed by atoms with Gasteiger partial charge in [0.15, 0.2) is 6.29 Å². The molecule has 0 aliphatic carbocycles. The van der Waals surface area contributed by atoms with E-state index in [1.165, 1.54) is 0 Å². The minimum atomic E-state index is 0.624. The lowest BCUT2D eigenvalue weighted by atomic mass is 10.1. The van der Waals surface area contributed by atoms with Gasteiger partial charge in [-0.2, -0.15) is 0 Å². The maximum atomic E-state index is 11.2. The van der Waals surface area contributed by atoms with Crippen LogP contribution in [0.25, 0.3) is 10.9 Å². The summed E-state index contributed by atoms with van der Waals surface area (Å²) in [6.07, 6.45) is 0.855. The Morgan fingerprint density at radius 3 is 2.42 bits per heavy atom. The van der Waals surface area contributed by atoms with Crippen molar-refractivity contribution in [3.05, 3.63) is 71.4 Å². The first-order chi connectivity index (χ1) is 9.38. The number of aromatic nitrogens is 1. The van der Waals surface area contributed by atoms with Gasteiger partial charge in [-0.1, -0.05) is 42.3 Å². The number of carbonyl (C=O) groups is 1. The van der Waals surface area contributed by atoms with Crippen molar-refractivity contribution in [1.29, 1.82) is 0 Å². The van der Waals surface area contributed by atoms with E-state index in [0.29, 0.717) is 11.3 Å². The highest BCUT2D eigenvalue weighted by Gasteiger charge is 2.07. The first-order valence-corrected chi connectivity index (χ1v) is 6.01. The van der Waals surface area contributed by atoms with Crippen LogP contribution in [0.3, 0.4) is 0 Å². The lowest BCUT2D eigenvalue weighted by Gasteiger charge is -1.88. The Balaban J connectivity index is 2.11. The van der Waals surface area contributed by atoms with Gasteiger partial charge in [-0.25, -0.2) is 0 Å². The fourth-order valence-corrected chi connectivity index (χ4v) is 2.04. The van der Waals surface area contributed by atoms with E-state index in [9.17, 15) is 4.79 Å². The van der Waals surface area contributed by atoms with Gasteiger partial charge in [-0.05, 0) is 24.1 Å². The second kappa shape index (κ2) is 4.83. The molecule has 0 fully saturated rings. The van der Waals surface area contributed by atoms with E-state index in [4.69, 9.17) is 0 Å². The van der Waals surface area contributed by atoms with Crippen LogP contribution in [0.2, 0.25) is 0 Å². The molecule has 0 aliphatic rings. The third-order valence-electron chi connectivity index (χ3n) is 2.97. The number of hydrogen-bond donors (Lipinski definition) is 1. The molecule has 0 atom stereocenters. The number of para-hydroxylation sites is 1. The fraction of sp³-hybridized carbons (Fsp3) is 0. The number of aromatic amines is 1. The van der Waals surface area contributed by atoms with Crippen molar-refractivity contribution in [1.82, 2.24) is 4.98 Å². The lowest BCUT2D eigenvalue weighted by molar-refractivity contribution is 0.112. The summed E-state index contributed by atoms with van der Waals surface area (Å²) >= 11 is 0. The highest BCUT2D eigenvalue weighted by atomic mass is 16.1. The van der Waals surface area contributed by atoms with E-state index in [2.05, 4.69) is 16.8 Å². The first kappa shape index (κ1) is 11.3. The van der Waals surface area contributed by atoms with Crippen molar-refractivity contribution in [2.75, 3.05) is 0 Å². The standard InChI is InChI=1S/C17H11NO/c19-12-15-14-8-4-5-9-16(14)18-17(15)11-10-13-6-2-1-3-7-13/h1-9,12,18H. The smallest absolute Gasteiger partial charge is 0.153 e. The quantitative estimate of drug-likeness (QED) is 0.517. The van der Waals surface area contributed by atoms with E-state index in [1.54, 1.807) is 0 Å². The van der Waals surface area contributed by atoms with Crippen LogP contribution >= 0.6 is 0 Å². The average Bonchev–Trinajstić information content (AvgIpc) is 2.83. The molecular weight excluding hydrogens is 234 g/mol. The summed E-state index contributed by atoms with van der Waals surface area (Å²) < 4.78 is 0. The normalized spacial score (nSPS) is 9.89. The monoisotopic (exact) mass is 245 g/mol. The number of H-pyrrole nitrogens is 1. The SMILES string of the molecule is O=Cc1c(C#Cc2ccccc2)[nH]c2ccccc12. The van der Waals surface area contributed by atoms with E-state index < -0.39 is 0 Å². The molecule has 0 unspecified atom stereocenters. The summed E-state index contributed by atoms with van der Waals surface area (Å²) in [7, 11) is 0. The van der Waals surface area contributed by atoms with Crippen LogP contribution in [-0.2, 0) is 0 Å².